The monoisotopic (exact) mass is 265 g/mol. The van der Waals surface area contributed by atoms with Gasteiger partial charge in [0.2, 0.25) is 0 Å². The molecule has 0 saturated carbocycles. The number of nitrogens with one attached hydrogen (secondary N) is 1. The van der Waals surface area contributed by atoms with E-state index in [0.717, 1.165) is 5.56 Å². The largest absolute Gasteiger partial charge is 0.481 e. The lowest BCUT2D eigenvalue weighted by Gasteiger charge is -2.19. The van der Waals surface area contributed by atoms with Gasteiger partial charge in [0, 0.05) is 6.42 Å². The molecule has 1 rings (SSSR count). The molecule has 5 nitrogen and oxygen atoms in total. The van der Waals surface area contributed by atoms with Crippen LogP contribution in [0, 0.1) is 0 Å². The molecule has 0 radical (unpaired) electrons. The van der Waals surface area contributed by atoms with E-state index in [1.807, 2.05) is 30.3 Å². The summed E-state index contributed by atoms with van der Waals surface area (Å²) in [7, 11) is 0. The highest BCUT2D eigenvalue weighted by molar-refractivity contribution is 5.69. The second-order valence-electron chi connectivity index (χ2n) is 4.49. The summed E-state index contributed by atoms with van der Waals surface area (Å²) in [5.41, 5.74) is 0.865. The number of alkyl carbamates (subject to hydrolysis) is 1. The molecule has 2 N–H and O–H groups in total. The molecule has 0 aliphatic rings. The lowest BCUT2D eigenvalue weighted by Crippen LogP contribution is -2.31. The minimum Gasteiger partial charge on any atom is -0.481 e. The number of hydrogen-bond donors (Lipinski definition) is 2. The third-order valence-electron chi connectivity index (χ3n) is 2.48. The summed E-state index contributed by atoms with van der Waals surface area (Å²) in [5.74, 6) is -0.889. The van der Waals surface area contributed by atoms with Crippen molar-refractivity contribution in [2.45, 2.75) is 38.8 Å². The Morgan fingerprint density at radius 1 is 1.26 bits per heavy atom. The van der Waals surface area contributed by atoms with Crippen LogP contribution in [0.5, 0.6) is 0 Å². The van der Waals surface area contributed by atoms with E-state index in [9.17, 15) is 9.59 Å². The molecule has 0 aliphatic heterocycles. The number of carboxylic acids is 1. The van der Waals surface area contributed by atoms with Crippen LogP contribution in [0.2, 0.25) is 0 Å². The molecule has 19 heavy (non-hydrogen) atoms. The molecule has 1 amide bonds. The van der Waals surface area contributed by atoms with Crippen LogP contribution >= 0.6 is 0 Å². The maximum atomic E-state index is 11.6. The Kier molecular flexibility index (Phi) is 5.85. The summed E-state index contributed by atoms with van der Waals surface area (Å²) >= 11 is 0. The van der Waals surface area contributed by atoms with E-state index in [4.69, 9.17) is 9.84 Å². The van der Waals surface area contributed by atoms with Gasteiger partial charge in [-0.3, -0.25) is 4.79 Å². The predicted molar refractivity (Wildman–Crippen MR) is 70.8 cm³/mol. The summed E-state index contributed by atoms with van der Waals surface area (Å²) in [5, 5.41) is 11.4. The minimum absolute atomic E-state index is 0.0124. The Morgan fingerprint density at radius 2 is 1.89 bits per heavy atom. The van der Waals surface area contributed by atoms with E-state index in [1.165, 1.54) is 0 Å². The van der Waals surface area contributed by atoms with Crippen LogP contribution in [0.4, 0.5) is 4.79 Å². The molecule has 1 aromatic carbocycles. The average molecular weight is 265 g/mol. The molecule has 0 fully saturated rings. The molecule has 0 heterocycles. The molecule has 0 bridgehead atoms. The number of amides is 1. The first-order valence-corrected chi connectivity index (χ1v) is 6.23. The van der Waals surface area contributed by atoms with Crippen molar-refractivity contribution in [1.29, 1.82) is 0 Å². The van der Waals surface area contributed by atoms with Crippen LogP contribution in [0.25, 0.3) is 0 Å². The highest BCUT2D eigenvalue weighted by Crippen LogP contribution is 2.18. The van der Waals surface area contributed by atoms with Gasteiger partial charge in [-0.05, 0) is 25.8 Å². The van der Waals surface area contributed by atoms with E-state index in [1.54, 1.807) is 13.8 Å². The van der Waals surface area contributed by atoms with E-state index in [2.05, 4.69) is 5.32 Å². The van der Waals surface area contributed by atoms with E-state index < -0.39 is 12.1 Å². The van der Waals surface area contributed by atoms with E-state index in [-0.39, 0.29) is 18.6 Å². The lowest BCUT2D eigenvalue weighted by molar-refractivity contribution is -0.137. The first-order valence-electron chi connectivity index (χ1n) is 6.23. The first kappa shape index (κ1) is 15.0. The van der Waals surface area contributed by atoms with Gasteiger partial charge in [0.1, 0.15) is 0 Å². The smallest absolute Gasteiger partial charge is 0.407 e. The van der Waals surface area contributed by atoms with Crippen molar-refractivity contribution in [2.75, 3.05) is 0 Å². The van der Waals surface area contributed by atoms with Crippen molar-refractivity contribution in [2.24, 2.45) is 0 Å². The van der Waals surface area contributed by atoms with Gasteiger partial charge >= 0.3 is 12.1 Å². The molecule has 1 unspecified atom stereocenters. The second kappa shape index (κ2) is 7.41. The van der Waals surface area contributed by atoms with Gasteiger partial charge in [-0.25, -0.2) is 4.79 Å². The number of aliphatic carboxylic acids is 1. The van der Waals surface area contributed by atoms with Crippen molar-refractivity contribution >= 4 is 12.1 Å². The van der Waals surface area contributed by atoms with Crippen LogP contribution < -0.4 is 5.32 Å². The molecule has 0 aliphatic carbocycles. The van der Waals surface area contributed by atoms with Crippen molar-refractivity contribution in [3.8, 4) is 0 Å². The molecule has 0 aromatic heterocycles. The number of rotatable bonds is 6. The van der Waals surface area contributed by atoms with E-state index >= 15 is 0 Å². The number of carboxylic acid groups (broad SMARTS) is 1. The Hall–Kier alpha value is -2.04. The summed E-state index contributed by atoms with van der Waals surface area (Å²) < 4.78 is 5.01. The first-order chi connectivity index (χ1) is 8.99. The number of ether oxygens (including phenoxy) is 1. The topological polar surface area (TPSA) is 75.6 Å². The zero-order chi connectivity index (χ0) is 14.3. The van der Waals surface area contributed by atoms with Crippen LogP contribution in [-0.4, -0.2) is 23.3 Å². The summed E-state index contributed by atoms with van der Waals surface area (Å²) in [4.78, 5) is 22.3. The molecular formula is C14H19NO4. The molecule has 0 saturated heterocycles. The zero-order valence-electron chi connectivity index (χ0n) is 11.1. The molecule has 1 atom stereocenters. The fourth-order valence-corrected chi connectivity index (χ4v) is 1.67. The van der Waals surface area contributed by atoms with Crippen LogP contribution in [0.1, 0.15) is 38.3 Å². The van der Waals surface area contributed by atoms with E-state index in [0.29, 0.717) is 6.42 Å². The SMILES string of the molecule is CC(C)OC(=O)NC(CCC(=O)O)c1ccccc1. The molecule has 5 heteroatoms. The Labute approximate surface area is 112 Å². The number of carbonyl (C=O) groups excluding carboxylic acids is 1. The maximum Gasteiger partial charge on any atom is 0.407 e. The molecular weight excluding hydrogens is 246 g/mol. The van der Waals surface area contributed by atoms with Crippen molar-refractivity contribution in [3.63, 3.8) is 0 Å². The summed E-state index contributed by atoms with van der Waals surface area (Å²) in [6, 6.07) is 8.90. The highest BCUT2D eigenvalue weighted by atomic mass is 16.6. The van der Waals surface area contributed by atoms with Crippen LogP contribution in [0.15, 0.2) is 30.3 Å². The van der Waals surface area contributed by atoms with Gasteiger partial charge in [0.25, 0.3) is 0 Å². The standard InChI is InChI=1S/C14H19NO4/c1-10(2)19-14(18)15-12(8-9-13(16)17)11-6-4-3-5-7-11/h3-7,10,12H,8-9H2,1-2H3,(H,15,18)(H,16,17). The minimum atomic E-state index is -0.889. The Morgan fingerprint density at radius 3 is 2.42 bits per heavy atom. The van der Waals surface area contributed by atoms with Gasteiger partial charge in [0.15, 0.2) is 0 Å². The maximum absolute atomic E-state index is 11.6. The summed E-state index contributed by atoms with van der Waals surface area (Å²) in [6.07, 6.45) is -0.432. The third-order valence-corrected chi connectivity index (χ3v) is 2.48. The lowest BCUT2D eigenvalue weighted by atomic mass is 10.0. The highest BCUT2D eigenvalue weighted by Gasteiger charge is 2.17. The molecule has 1 aromatic rings. The zero-order valence-corrected chi connectivity index (χ0v) is 11.1. The van der Waals surface area contributed by atoms with Crippen LogP contribution in [-0.2, 0) is 9.53 Å². The number of carbonyl (C=O) groups is 2. The normalized spacial score (nSPS) is 11.9. The molecule has 104 valence electrons. The number of hydrogen-bond acceptors (Lipinski definition) is 3. The van der Waals surface area contributed by atoms with Gasteiger partial charge in [-0.15, -0.1) is 0 Å². The average Bonchev–Trinajstić information content (AvgIpc) is 2.34. The Balaban J connectivity index is 2.69. The van der Waals surface area contributed by atoms with Crippen LogP contribution in [0.3, 0.4) is 0 Å². The van der Waals surface area contributed by atoms with Crippen molar-refractivity contribution < 1.29 is 19.4 Å². The Bertz CT molecular complexity index is 417. The third kappa shape index (κ3) is 5.90. The molecule has 0 spiro atoms. The van der Waals surface area contributed by atoms with Crippen molar-refractivity contribution in [3.05, 3.63) is 35.9 Å². The van der Waals surface area contributed by atoms with Gasteiger partial charge in [-0.1, -0.05) is 30.3 Å². The fourth-order valence-electron chi connectivity index (χ4n) is 1.67. The number of benzene rings is 1. The quantitative estimate of drug-likeness (QED) is 0.829. The van der Waals surface area contributed by atoms with Gasteiger partial charge in [0.05, 0.1) is 12.1 Å². The van der Waals surface area contributed by atoms with Gasteiger partial charge < -0.3 is 15.2 Å². The fraction of sp³-hybridized carbons (Fsp3) is 0.429. The second-order valence-corrected chi connectivity index (χ2v) is 4.49. The predicted octanol–water partition coefficient (Wildman–Crippen LogP) is 2.73. The summed E-state index contributed by atoms with van der Waals surface area (Å²) in [6.45, 7) is 3.52. The van der Waals surface area contributed by atoms with Gasteiger partial charge in [-0.2, -0.15) is 0 Å². The van der Waals surface area contributed by atoms with Crippen molar-refractivity contribution in [1.82, 2.24) is 5.32 Å².